The lowest BCUT2D eigenvalue weighted by atomic mass is 9.71. The number of fused-ring (bicyclic) bond motifs is 1. The van der Waals surface area contributed by atoms with Gasteiger partial charge in [-0.2, -0.15) is 0 Å². The van der Waals surface area contributed by atoms with Crippen molar-refractivity contribution in [2.24, 2.45) is 0 Å². The molecule has 0 saturated heterocycles. The largest absolute Gasteiger partial charge is 0.491 e. The van der Waals surface area contributed by atoms with Crippen LogP contribution in [0.2, 0.25) is 0 Å². The quantitative estimate of drug-likeness (QED) is 0.533. The van der Waals surface area contributed by atoms with Crippen LogP contribution >= 0.6 is 0 Å². The van der Waals surface area contributed by atoms with Crippen LogP contribution < -0.4 is 10.2 Å². The summed E-state index contributed by atoms with van der Waals surface area (Å²) in [5.41, 5.74) is 4.95. The molecule has 1 aromatic heterocycles. The smallest absolute Gasteiger partial charge is 0.488 e. The SMILES string of the molecule is CC(=N)c1ccc(C2Cc3ccccc3B(O)O2)cc1OCc1cccnc1. The van der Waals surface area contributed by atoms with Crippen molar-refractivity contribution in [3.63, 3.8) is 0 Å². The normalized spacial score (nSPS) is 15.8. The van der Waals surface area contributed by atoms with Crippen LogP contribution in [0.5, 0.6) is 5.75 Å². The van der Waals surface area contributed by atoms with Crippen LogP contribution in [0.1, 0.15) is 35.3 Å². The second-order valence-electron chi connectivity index (χ2n) is 6.91. The van der Waals surface area contributed by atoms with E-state index in [1.807, 2.05) is 54.6 Å². The highest BCUT2D eigenvalue weighted by Crippen LogP contribution is 2.31. The van der Waals surface area contributed by atoms with Crippen molar-refractivity contribution >= 4 is 18.3 Å². The van der Waals surface area contributed by atoms with E-state index in [2.05, 4.69) is 4.98 Å². The molecule has 28 heavy (non-hydrogen) atoms. The van der Waals surface area contributed by atoms with Crippen molar-refractivity contribution in [2.75, 3.05) is 0 Å². The number of nitrogens with one attached hydrogen (secondary N) is 1. The van der Waals surface area contributed by atoms with Crippen LogP contribution in [-0.4, -0.2) is 22.8 Å². The van der Waals surface area contributed by atoms with Crippen LogP contribution in [0.25, 0.3) is 0 Å². The molecule has 0 bridgehead atoms. The molecule has 1 aliphatic rings. The van der Waals surface area contributed by atoms with Crippen molar-refractivity contribution in [1.82, 2.24) is 4.98 Å². The van der Waals surface area contributed by atoms with E-state index in [4.69, 9.17) is 14.8 Å². The maximum Gasteiger partial charge on any atom is 0.491 e. The van der Waals surface area contributed by atoms with Gasteiger partial charge in [-0.05, 0) is 41.7 Å². The topological polar surface area (TPSA) is 75.4 Å². The number of hydrogen-bond acceptors (Lipinski definition) is 5. The van der Waals surface area contributed by atoms with E-state index in [1.165, 1.54) is 0 Å². The maximum absolute atomic E-state index is 10.4. The highest BCUT2D eigenvalue weighted by Gasteiger charge is 2.31. The monoisotopic (exact) mass is 372 g/mol. The van der Waals surface area contributed by atoms with Crippen molar-refractivity contribution < 1.29 is 14.4 Å². The van der Waals surface area contributed by atoms with Crippen molar-refractivity contribution in [3.8, 4) is 5.75 Å². The average molecular weight is 372 g/mol. The Morgan fingerprint density at radius 3 is 2.89 bits per heavy atom. The van der Waals surface area contributed by atoms with Crippen LogP contribution in [0.4, 0.5) is 0 Å². The molecule has 3 aromatic rings. The van der Waals surface area contributed by atoms with Gasteiger partial charge in [0.1, 0.15) is 12.4 Å². The summed E-state index contributed by atoms with van der Waals surface area (Å²) < 4.78 is 11.9. The first-order valence-corrected chi connectivity index (χ1v) is 9.24. The summed E-state index contributed by atoms with van der Waals surface area (Å²) >= 11 is 0. The van der Waals surface area contributed by atoms with Gasteiger partial charge in [0.15, 0.2) is 0 Å². The average Bonchev–Trinajstić information content (AvgIpc) is 2.72. The molecule has 1 aliphatic heterocycles. The number of benzene rings is 2. The Labute approximate surface area is 164 Å². The fourth-order valence-electron chi connectivity index (χ4n) is 3.45. The molecule has 0 saturated carbocycles. The fourth-order valence-corrected chi connectivity index (χ4v) is 3.45. The van der Waals surface area contributed by atoms with Crippen molar-refractivity contribution in [3.05, 3.63) is 89.2 Å². The number of nitrogens with zero attached hydrogens (tertiary/aromatic N) is 1. The molecule has 6 heteroatoms. The third-order valence-corrected chi connectivity index (χ3v) is 4.92. The van der Waals surface area contributed by atoms with Gasteiger partial charge in [0, 0.05) is 35.7 Å². The van der Waals surface area contributed by atoms with Crippen molar-refractivity contribution in [1.29, 1.82) is 5.41 Å². The highest BCUT2D eigenvalue weighted by atomic mass is 16.5. The zero-order valence-corrected chi connectivity index (χ0v) is 15.6. The minimum atomic E-state index is -0.945. The lowest BCUT2D eigenvalue weighted by Crippen LogP contribution is -2.42. The first-order chi connectivity index (χ1) is 13.6. The highest BCUT2D eigenvalue weighted by molar-refractivity contribution is 6.60. The summed E-state index contributed by atoms with van der Waals surface area (Å²) in [4.78, 5) is 4.11. The van der Waals surface area contributed by atoms with Gasteiger partial charge in [-0.15, -0.1) is 0 Å². The molecule has 1 atom stereocenters. The zero-order valence-electron chi connectivity index (χ0n) is 15.6. The van der Waals surface area contributed by atoms with E-state index in [1.54, 1.807) is 19.3 Å². The fraction of sp³-hybridized carbons (Fsp3) is 0.182. The molecule has 0 aliphatic carbocycles. The Bertz CT molecular complexity index is 994. The zero-order chi connectivity index (χ0) is 19.5. The lowest BCUT2D eigenvalue weighted by molar-refractivity contribution is 0.167. The van der Waals surface area contributed by atoms with Crippen LogP contribution in [-0.2, 0) is 17.7 Å². The summed E-state index contributed by atoms with van der Waals surface area (Å²) in [6, 6.07) is 17.3. The summed E-state index contributed by atoms with van der Waals surface area (Å²) in [6.07, 6.45) is 3.89. The molecule has 0 radical (unpaired) electrons. The molecule has 0 spiro atoms. The summed E-state index contributed by atoms with van der Waals surface area (Å²) in [5, 5.41) is 18.4. The molecule has 1 unspecified atom stereocenters. The van der Waals surface area contributed by atoms with Crippen molar-refractivity contribution in [2.45, 2.75) is 26.1 Å². The van der Waals surface area contributed by atoms with Gasteiger partial charge >= 0.3 is 7.12 Å². The van der Waals surface area contributed by atoms with E-state index < -0.39 is 7.12 Å². The molecule has 2 heterocycles. The second kappa shape index (κ2) is 7.96. The van der Waals surface area contributed by atoms with Crippen LogP contribution in [0, 0.1) is 5.41 Å². The molecule has 2 aromatic carbocycles. The van der Waals surface area contributed by atoms with Gasteiger partial charge in [-0.3, -0.25) is 4.98 Å². The summed E-state index contributed by atoms with van der Waals surface area (Å²) in [7, 11) is -0.945. The van der Waals surface area contributed by atoms with E-state index in [0.29, 0.717) is 24.5 Å². The minimum Gasteiger partial charge on any atom is -0.488 e. The summed E-state index contributed by atoms with van der Waals surface area (Å²) in [6.45, 7) is 2.11. The number of hydrogen-bond donors (Lipinski definition) is 2. The van der Waals surface area contributed by atoms with E-state index >= 15 is 0 Å². The maximum atomic E-state index is 10.4. The first kappa shape index (κ1) is 18.4. The van der Waals surface area contributed by atoms with Gasteiger partial charge in [0.05, 0.1) is 6.10 Å². The Morgan fingerprint density at radius 1 is 1.25 bits per heavy atom. The molecule has 4 rings (SSSR count). The van der Waals surface area contributed by atoms with E-state index in [9.17, 15) is 5.02 Å². The third kappa shape index (κ3) is 3.83. The third-order valence-electron chi connectivity index (χ3n) is 4.92. The van der Waals surface area contributed by atoms with Gasteiger partial charge in [-0.1, -0.05) is 36.4 Å². The molecular formula is C22H21BN2O3. The lowest BCUT2D eigenvalue weighted by Gasteiger charge is -2.28. The molecule has 5 nitrogen and oxygen atoms in total. The van der Waals surface area contributed by atoms with E-state index in [-0.39, 0.29) is 6.10 Å². The molecule has 2 N–H and O–H groups in total. The number of pyridine rings is 1. The minimum absolute atomic E-state index is 0.272. The Balaban J connectivity index is 1.61. The predicted octanol–water partition coefficient (Wildman–Crippen LogP) is 3.05. The predicted molar refractivity (Wildman–Crippen MR) is 109 cm³/mol. The van der Waals surface area contributed by atoms with Gasteiger partial charge in [0.25, 0.3) is 0 Å². The second-order valence-corrected chi connectivity index (χ2v) is 6.91. The van der Waals surface area contributed by atoms with E-state index in [0.717, 1.165) is 27.7 Å². The number of rotatable bonds is 5. The van der Waals surface area contributed by atoms with Gasteiger partial charge in [0.2, 0.25) is 0 Å². The van der Waals surface area contributed by atoms with Crippen LogP contribution in [0.3, 0.4) is 0 Å². The number of aromatic nitrogens is 1. The van der Waals surface area contributed by atoms with Gasteiger partial charge < -0.3 is 19.8 Å². The Kier molecular flexibility index (Phi) is 5.24. The molecular weight excluding hydrogens is 351 g/mol. The standard InChI is InChI=1S/C22H21BN2O3/c1-15(24)19-9-8-18(12-22(19)27-14-16-5-4-10-25-13-16)21-11-17-6-2-3-7-20(17)23(26)28-21/h2-10,12-13,21,24,26H,11,14H2,1H3. The first-order valence-electron chi connectivity index (χ1n) is 9.24. The Morgan fingerprint density at radius 2 is 2.11 bits per heavy atom. The molecule has 0 amide bonds. The number of ether oxygens (including phenoxy) is 1. The van der Waals surface area contributed by atoms with Gasteiger partial charge in [-0.25, -0.2) is 0 Å². The Hall–Kier alpha value is -2.96. The summed E-state index contributed by atoms with van der Waals surface area (Å²) in [5.74, 6) is 0.630. The molecule has 0 fully saturated rings. The molecule has 140 valence electrons. The van der Waals surface area contributed by atoms with Crippen LogP contribution in [0.15, 0.2) is 67.0 Å².